The minimum Gasteiger partial charge on any atom is -0.444 e. The predicted molar refractivity (Wildman–Crippen MR) is 151 cm³/mol. The van der Waals surface area contributed by atoms with Crippen molar-refractivity contribution in [2.45, 2.75) is 96.7 Å². The molecule has 5 nitrogen and oxygen atoms in total. The maximum Gasteiger partial charge on any atom is 0.411 e. The van der Waals surface area contributed by atoms with Crippen LogP contribution >= 0.6 is 0 Å². The van der Waals surface area contributed by atoms with Crippen molar-refractivity contribution in [3.05, 3.63) is 83.4 Å². The third-order valence-electron chi connectivity index (χ3n) is 7.36. The maximum atomic E-state index is 13.6. The normalized spacial score (nSPS) is 17.7. The van der Waals surface area contributed by atoms with Crippen LogP contribution < -0.4 is 0 Å². The Morgan fingerprint density at radius 2 is 1.66 bits per heavy atom. The second-order valence-electron chi connectivity index (χ2n) is 11.2. The number of benzene rings is 3. The summed E-state index contributed by atoms with van der Waals surface area (Å²) in [6, 6.07) is 24.1. The van der Waals surface area contributed by atoms with Gasteiger partial charge in [-0.2, -0.15) is 9.59 Å². The number of amides is 1. The van der Waals surface area contributed by atoms with E-state index in [1.165, 1.54) is 40.3 Å². The quantitative estimate of drug-likeness (QED) is 0.318. The van der Waals surface area contributed by atoms with Crippen molar-refractivity contribution in [2.75, 3.05) is 0 Å². The second-order valence-corrected chi connectivity index (χ2v) is 11.2. The predicted octanol–water partition coefficient (Wildman–Crippen LogP) is 8.23. The highest BCUT2D eigenvalue weighted by atomic mass is 16.6. The van der Waals surface area contributed by atoms with Gasteiger partial charge in [0.15, 0.2) is 0 Å². The van der Waals surface area contributed by atoms with E-state index in [2.05, 4.69) is 80.6 Å². The van der Waals surface area contributed by atoms with Crippen molar-refractivity contribution in [3.63, 3.8) is 0 Å². The average Bonchev–Trinajstić information content (AvgIpc) is 3.36. The Balaban J connectivity index is 0.00000127. The van der Waals surface area contributed by atoms with Gasteiger partial charge in [0, 0.05) is 6.04 Å². The molecule has 1 aliphatic rings. The van der Waals surface area contributed by atoms with Crippen molar-refractivity contribution >= 4 is 23.0 Å². The van der Waals surface area contributed by atoms with E-state index >= 15 is 0 Å². The minimum absolute atomic E-state index is 0.0730. The number of hydrogen-bond donors (Lipinski definition) is 0. The topological polar surface area (TPSA) is 63.7 Å². The van der Waals surface area contributed by atoms with Crippen LogP contribution in [0.1, 0.15) is 95.4 Å². The molecule has 1 saturated carbocycles. The molecule has 0 bridgehead atoms. The van der Waals surface area contributed by atoms with Crippen LogP contribution in [0.3, 0.4) is 0 Å². The number of fused-ring (bicyclic) bond motifs is 1. The van der Waals surface area contributed by atoms with Crippen LogP contribution in [-0.2, 0) is 20.7 Å². The van der Waals surface area contributed by atoms with Crippen LogP contribution in [0.15, 0.2) is 66.7 Å². The van der Waals surface area contributed by atoms with E-state index in [0.29, 0.717) is 5.92 Å². The Bertz CT molecular complexity index is 1220. The Hall–Kier alpha value is -3.43. The Morgan fingerprint density at radius 3 is 2.32 bits per heavy atom. The summed E-state index contributed by atoms with van der Waals surface area (Å²) >= 11 is 0. The van der Waals surface area contributed by atoms with Gasteiger partial charge >= 0.3 is 12.2 Å². The molecule has 0 heterocycles. The van der Waals surface area contributed by atoms with Crippen molar-refractivity contribution in [2.24, 2.45) is 0 Å². The van der Waals surface area contributed by atoms with Gasteiger partial charge in [-0.25, -0.2) is 4.79 Å². The summed E-state index contributed by atoms with van der Waals surface area (Å²) in [6.07, 6.45) is 6.72. The maximum absolute atomic E-state index is 13.6. The lowest BCUT2D eigenvalue weighted by Gasteiger charge is -2.37. The van der Waals surface area contributed by atoms with Gasteiger partial charge in [0.2, 0.25) is 0 Å². The fourth-order valence-electron chi connectivity index (χ4n) is 5.55. The number of unbranched alkanes of at least 4 members (excludes halogenated alkanes) is 1. The molecule has 4 rings (SSSR count). The third kappa shape index (κ3) is 7.55. The molecule has 38 heavy (non-hydrogen) atoms. The number of carbonyl (C=O) groups is 1. The molecule has 3 aromatic carbocycles. The molecule has 0 unspecified atom stereocenters. The SMILES string of the molecule is CCCCc1ccc([C@@H]2CC[C@H](N(C(=O)OC(C)(C)C)[C@H](C)c3cccc4ccccc34)C2)cc1.O=C=O. The molecule has 5 heteroatoms. The molecule has 0 N–H and O–H groups in total. The number of ether oxygens (including phenoxy) is 1. The van der Waals surface area contributed by atoms with Crippen molar-refractivity contribution in [3.8, 4) is 0 Å². The molecule has 1 amide bonds. The number of nitrogens with zero attached hydrogens (tertiary/aromatic N) is 1. The second kappa shape index (κ2) is 13.4. The fourth-order valence-corrected chi connectivity index (χ4v) is 5.55. The molecule has 0 saturated heterocycles. The summed E-state index contributed by atoms with van der Waals surface area (Å²) in [4.78, 5) is 31.9. The Morgan fingerprint density at radius 1 is 1.00 bits per heavy atom. The van der Waals surface area contributed by atoms with Crippen LogP contribution in [0.4, 0.5) is 4.79 Å². The smallest absolute Gasteiger partial charge is 0.411 e. The van der Waals surface area contributed by atoms with Crippen LogP contribution in [0.5, 0.6) is 0 Å². The first-order valence-corrected chi connectivity index (χ1v) is 13.8. The lowest BCUT2D eigenvalue weighted by Crippen LogP contribution is -2.44. The largest absolute Gasteiger partial charge is 0.444 e. The van der Waals surface area contributed by atoms with Gasteiger partial charge in [-0.3, -0.25) is 4.90 Å². The molecule has 3 atom stereocenters. The highest BCUT2D eigenvalue weighted by molar-refractivity contribution is 5.86. The Kier molecular flexibility index (Phi) is 10.3. The third-order valence-corrected chi connectivity index (χ3v) is 7.36. The molecule has 202 valence electrons. The molecule has 1 aliphatic carbocycles. The van der Waals surface area contributed by atoms with Crippen molar-refractivity contribution in [1.82, 2.24) is 4.90 Å². The monoisotopic (exact) mass is 515 g/mol. The molecule has 0 aromatic heterocycles. The number of carbonyl (C=O) groups excluding carboxylic acids is 3. The van der Waals surface area contributed by atoms with Gasteiger partial charge in [-0.05, 0) is 93.2 Å². The van der Waals surface area contributed by atoms with Crippen LogP contribution in [0, 0.1) is 0 Å². The first-order valence-electron chi connectivity index (χ1n) is 13.8. The standard InChI is InChI=1S/C32H41NO2.CO2/c1-6-7-11-24-16-18-25(19-17-24)27-20-21-28(22-27)33(31(34)35-32(3,4)5)23(2)29-15-10-13-26-12-8-9-14-30(26)29;2-1-3/h8-10,12-19,23,27-28H,6-7,11,20-22H2,1-5H3;/t23-,27-,28+;/m1./s1. The first kappa shape index (κ1) is 29.1. The molecule has 0 aliphatic heterocycles. The minimum atomic E-state index is -0.528. The van der Waals surface area contributed by atoms with Gasteiger partial charge < -0.3 is 4.74 Å². The lowest BCUT2D eigenvalue weighted by molar-refractivity contribution is -0.191. The number of hydrogen-bond acceptors (Lipinski definition) is 4. The lowest BCUT2D eigenvalue weighted by atomic mass is 9.94. The van der Waals surface area contributed by atoms with Gasteiger partial charge in [-0.1, -0.05) is 80.1 Å². The van der Waals surface area contributed by atoms with Crippen LogP contribution in [-0.4, -0.2) is 28.8 Å². The number of aryl methyl sites for hydroxylation is 1. The van der Waals surface area contributed by atoms with Gasteiger partial charge in [-0.15, -0.1) is 0 Å². The summed E-state index contributed by atoms with van der Waals surface area (Å²) < 4.78 is 5.95. The summed E-state index contributed by atoms with van der Waals surface area (Å²) in [5.41, 5.74) is 3.47. The summed E-state index contributed by atoms with van der Waals surface area (Å²) in [7, 11) is 0. The summed E-state index contributed by atoms with van der Waals surface area (Å²) in [6.45, 7) is 10.2. The van der Waals surface area contributed by atoms with E-state index in [0.717, 1.165) is 25.7 Å². The Labute approximate surface area is 227 Å². The van der Waals surface area contributed by atoms with Crippen LogP contribution in [0.2, 0.25) is 0 Å². The van der Waals surface area contributed by atoms with Gasteiger partial charge in [0.25, 0.3) is 0 Å². The molecule has 3 aromatic rings. The van der Waals surface area contributed by atoms with Gasteiger partial charge in [0.05, 0.1) is 6.04 Å². The van der Waals surface area contributed by atoms with E-state index < -0.39 is 5.60 Å². The highest BCUT2D eigenvalue weighted by Gasteiger charge is 2.38. The fraction of sp³-hybridized carbons (Fsp3) is 0.455. The zero-order valence-corrected chi connectivity index (χ0v) is 23.4. The van der Waals surface area contributed by atoms with E-state index in [4.69, 9.17) is 14.3 Å². The van der Waals surface area contributed by atoms with Crippen LogP contribution in [0.25, 0.3) is 10.8 Å². The molecule has 0 spiro atoms. The van der Waals surface area contributed by atoms with Crippen molar-refractivity contribution < 1.29 is 19.1 Å². The van der Waals surface area contributed by atoms with Gasteiger partial charge in [0.1, 0.15) is 5.60 Å². The first-order chi connectivity index (χ1) is 18.2. The molecular weight excluding hydrogens is 474 g/mol. The average molecular weight is 516 g/mol. The van der Waals surface area contributed by atoms with E-state index in [1.54, 1.807) is 0 Å². The highest BCUT2D eigenvalue weighted by Crippen LogP contribution is 2.41. The molecule has 1 fully saturated rings. The molecule has 0 radical (unpaired) electrons. The van der Waals surface area contributed by atoms with E-state index in [1.807, 2.05) is 25.7 Å². The number of rotatable bonds is 7. The zero-order chi connectivity index (χ0) is 27.7. The molecular formula is C33H41NO4. The van der Waals surface area contributed by atoms with Crippen molar-refractivity contribution in [1.29, 1.82) is 0 Å². The zero-order valence-electron chi connectivity index (χ0n) is 23.4. The van der Waals surface area contributed by atoms with E-state index in [-0.39, 0.29) is 24.3 Å². The van der Waals surface area contributed by atoms with E-state index in [9.17, 15) is 4.79 Å². The summed E-state index contributed by atoms with van der Waals surface area (Å²) in [5.74, 6) is 0.477. The summed E-state index contributed by atoms with van der Waals surface area (Å²) in [5, 5.41) is 2.40.